The SMILES string of the molecule is O=C(OCC(=O)N1CCN(Cc2ccccc2F)CC1)c1ccc(Cn2cccn2)cc1. The molecule has 2 aromatic carbocycles. The van der Waals surface area contributed by atoms with Crippen LogP contribution in [0.1, 0.15) is 21.5 Å². The van der Waals surface area contributed by atoms with Crippen molar-refractivity contribution in [3.05, 3.63) is 89.5 Å². The predicted molar refractivity (Wildman–Crippen MR) is 116 cm³/mol. The van der Waals surface area contributed by atoms with E-state index in [1.54, 1.807) is 40.0 Å². The number of piperazine rings is 1. The zero-order chi connectivity index (χ0) is 22.3. The standard InChI is InChI=1S/C24H25FN4O3/c25-22-5-2-1-4-21(22)17-27-12-14-28(15-13-27)23(30)18-32-24(31)20-8-6-19(7-9-20)16-29-11-3-10-26-29/h1-11H,12-18H2. The minimum atomic E-state index is -0.526. The Bertz CT molecular complexity index is 1050. The summed E-state index contributed by atoms with van der Waals surface area (Å²) in [6.45, 7) is 3.17. The molecular formula is C24H25FN4O3. The van der Waals surface area contributed by atoms with Crippen LogP contribution in [-0.4, -0.2) is 64.2 Å². The summed E-state index contributed by atoms with van der Waals surface area (Å²) in [4.78, 5) is 28.5. The molecular weight excluding hydrogens is 411 g/mol. The second kappa shape index (κ2) is 10.2. The van der Waals surface area contributed by atoms with Crippen molar-refractivity contribution in [1.29, 1.82) is 0 Å². The maximum absolute atomic E-state index is 13.8. The number of ether oxygens (including phenoxy) is 1. The van der Waals surface area contributed by atoms with E-state index in [1.165, 1.54) is 6.07 Å². The molecule has 0 saturated carbocycles. The van der Waals surface area contributed by atoms with Crippen molar-refractivity contribution in [3.8, 4) is 0 Å². The van der Waals surface area contributed by atoms with Crippen LogP contribution in [0.5, 0.6) is 0 Å². The van der Waals surface area contributed by atoms with Crippen molar-refractivity contribution >= 4 is 11.9 Å². The molecule has 1 aliphatic heterocycles. The summed E-state index contributed by atoms with van der Waals surface area (Å²) in [6.07, 6.45) is 3.58. The van der Waals surface area contributed by atoms with Crippen molar-refractivity contribution in [2.24, 2.45) is 0 Å². The number of hydrogen-bond acceptors (Lipinski definition) is 5. The molecule has 0 bridgehead atoms. The normalized spacial score (nSPS) is 14.3. The number of aromatic nitrogens is 2. The summed E-state index contributed by atoms with van der Waals surface area (Å²) in [5.41, 5.74) is 2.06. The number of halogens is 1. The smallest absolute Gasteiger partial charge is 0.338 e. The van der Waals surface area contributed by atoms with E-state index in [4.69, 9.17) is 4.74 Å². The molecule has 0 radical (unpaired) electrons. The van der Waals surface area contributed by atoms with Crippen molar-refractivity contribution in [1.82, 2.24) is 19.6 Å². The van der Waals surface area contributed by atoms with Crippen molar-refractivity contribution < 1.29 is 18.7 Å². The van der Waals surface area contributed by atoms with E-state index in [0.717, 1.165) is 5.56 Å². The van der Waals surface area contributed by atoms with E-state index in [9.17, 15) is 14.0 Å². The Morgan fingerprint density at radius 2 is 1.69 bits per heavy atom. The molecule has 0 N–H and O–H groups in total. The topological polar surface area (TPSA) is 67.7 Å². The first-order chi connectivity index (χ1) is 15.6. The molecule has 0 aliphatic carbocycles. The third kappa shape index (κ3) is 5.59. The van der Waals surface area contributed by atoms with Crippen LogP contribution in [0.2, 0.25) is 0 Å². The van der Waals surface area contributed by atoms with Gasteiger partial charge in [-0.25, -0.2) is 9.18 Å². The Kier molecular flexibility index (Phi) is 6.91. The molecule has 0 atom stereocenters. The largest absolute Gasteiger partial charge is 0.452 e. The fourth-order valence-electron chi connectivity index (χ4n) is 3.65. The summed E-state index contributed by atoms with van der Waals surface area (Å²) in [6, 6.07) is 15.6. The number of carbonyl (C=O) groups excluding carboxylic acids is 2. The van der Waals surface area contributed by atoms with E-state index >= 15 is 0 Å². The molecule has 1 saturated heterocycles. The first kappa shape index (κ1) is 21.7. The van der Waals surface area contributed by atoms with Gasteiger partial charge in [0.2, 0.25) is 0 Å². The molecule has 2 heterocycles. The second-order valence-corrected chi connectivity index (χ2v) is 7.73. The van der Waals surface area contributed by atoms with Gasteiger partial charge in [-0.1, -0.05) is 30.3 Å². The van der Waals surface area contributed by atoms with Gasteiger partial charge in [0.1, 0.15) is 5.82 Å². The van der Waals surface area contributed by atoms with Crippen LogP contribution < -0.4 is 0 Å². The summed E-state index contributed by atoms with van der Waals surface area (Å²) < 4.78 is 20.8. The maximum atomic E-state index is 13.8. The van der Waals surface area contributed by atoms with Gasteiger partial charge in [0.05, 0.1) is 12.1 Å². The van der Waals surface area contributed by atoms with Gasteiger partial charge < -0.3 is 9.64 Å². The maximum Gasteiger partial charge on any atom is 0.338 e. The highest BCUT2D eigenvalue weighted by Crippen LogP contribution is 2.13. The fourth-order valence-corrected chi connectivity index (χ4v) is 3.65. The Hall–Kier alpha value is -3.52. The van der Waals surface area contributed by atoms with E-state index in [2.05, 4.69) is 10.00 Å². The van der Waals surface area contributed by atoms with Crippen LogP contribution in [-0.2, 0) is 22.6 Å². The van der Waals surface area contributed by atoms with Gasteiger partial charge in [0.15, 0.2) is 6.61 Å². The number of benzene rings is 2. The minimum absolute atomic E-state index is 0.215. The molecule has 8 heteroatoms. The van der Waals surface area contributed by atoms with Gasteiger partial charge in [0.25, 0.3) is 5.91 Å². The Morgan fingerprint density at radius 3 is 2.38 bits per heavy atom. The third-order valence-electron chi connectivity index (χ3n) is 5.50. The monoisotopic (exact) mass is 436 g/mol. The number of carbonyl (C=O) groups is 2. The second-order valence-electron chi connectivity index (χ2n) is 7.73. The average molecular weight is 436 g/mol. The van der Waals surface area contributed by atoms with Crippen LogP contribution in [0, 0.1) is 5.82 Å². The highest BCUT2D eigenvalue weighted by atomic mass is 19.1. The summed E-state index contributed by atoms with van der Waals surface area (Å²) in [5.74, 6) is -0.964. The van der Waals surface area contributed by atoms with Crippen molar-refractivity contribution in [2.75, 3.05) is 32.8 Å². The summed E-state index contributed by atoms with van der Waals surface area (Å²) in [7, 11) is 0. The first-order valence-corrected chi connectivity index (χ1v) is 10.6. The predicted octanol–water partition coefficient (Wildman–Crippen LogP) is 2.57. The van der Waals surface area contributed by atoms with Gasteiger partial charge >= 0.3 is 5.97 Å². The molecule has 1 fully saturated rings. The van der Waals surface area contributed by atoms with E-state index in [0.29, 0.717) is 50.4 Å². The number of esters is 1. The Morgan fingerprint density at radius 1 is 0.938 bits per heavy atom. The zero-order valence-corrected chi connectivity index (χ0v) is 17.7. The van der Waals surface area contributed by atoms with Crippen LogP contribution in [0.4, 0.5) is 4.39 Å². The number of amides is 1. The molecule has 1 aliphatic rings. The third-order valence-corrected chi connectivity index (χ3v) is 5.50. The summed E-state index contributed by atoms with van der Waals surface area (Å²) >= 11 is 0. The van der Waals surface area contributed by atoms with E-state index in [-0.39, 0.29) is 18.3 Å². The lowest BCUT2D eigenvalue weighted by Crippen LogP contribution is -2.49. The van der Waals surface area contributed by atoms with Gasteiger partial charge in [0, 0.05) is 50.7 Å². The van der Waals surface area contributed by atoms with Gasteiger partial charge in [-0.3, -0.25) is 14.4 Å². The van der Waals surface area contributed by atoms with Crippen molar-refractivity contribution in [3.63, 3.8) is 0 Å². The molecule has 166 valence electrons. The lowest BCUT2D eigenvalue weighted by atomic mass is 10.1. The molecule has 1 amide bonds. The van der Waals surface area contributed by atoms with Crippen LogP contribution >= 0.6 is 0 Å². The highest BCUT2D eigenvalue weighted by molar-refractivity contribution is 5.91. The highest BCUT2D eigenvalue weighted by Gasteiger charge is 2.22. The van der Waals surface area contributed by atoms with Crippen LogP contribution in [0.25, 0.3) is 0 Å². The molecule has 32 heavy (non-hydrogen) atoms. The molecule has 0 spiro atoms. The summed E-state index contributed by atoms with van der Waals surface area (Å²) in [5, 5.41) is 4.15. The average Bonchev–Trinajstić information content (AvgIpc) is 3.33. The zero-order valence-electron chi connectivity index (χ0n) is 17.7. The molecule has 3 aromatic rings. The molecule has 7 nitrogen and oxygen atoms in total. The lowest BCUT2D eigenvalue weighted by Gasteiger charge is -2.34. The lowest BCUT2D eigenvalue weighted by molar-refractivity contribution is -0.136. The first-order valence-electron chi connectivity index (χ1n) is 10.6. The number of nitrogens with zero attached hydrogens (tertiary/aromatic N) is 4. The van der Waals surface area contributed by atoms with Crippen LogP contribution in [0.15, 0.2) is 67.0 Å². The Labute approximate surface area is 186 Å². The molecule has 1 aromatic heterocycles. The Balaban J connectivity index is 1.21. The van der Waals surface area contributed by atoms with Gasteiger partial charge in [-0.2, -0.15) is 5.10 Å². The van der Waals surface area contributed by atoms with Gasteiger partial charge in [-0.05, 0) is 29.8 Å². The minimum Gasteiger partial charge on any atom is -0.452 e. The quantitative estimate of drug-likeness (QED) is 0.533. The molecule has 0 unspecified atom stereocenters. The number of hydrogen-bond donors (Lipinski definition) is 0. The van der Waals surface area contributed by atoms with E-state index < -0.39 is 5.97 Å². The van der Waals surface area contributed by atoms with Gasteiger partial charge in [-0.15, -0.1) is 0 Å². The molecule has 4 rings (SSSR count). The van der Waals surface area contributed by atoms with Crippen LogP contribution in [0.3, 0.4) is 0 Å². The fraction of sp³-hybridized carbons (Fsp3) is 0.292. The number of rotatable bonds is 7. The van der Waals surface area contributed by atoms with Crippen molar-refractivity contribution in [2.45, 2.75) is 13.1 Å². The van der Waals surface area contributed by atoms with E-state index in [1.807, 2.05) is 30.5 Å².